The first-order chi connectivity index (χ1) is 13.1. The molecule has 0 spiro atoms. The third kappa shape index (κ3) is 4.49. The summed E-state index contributed by atoms with van der Waals surface area (Å²) in [6, 6.07) is 13.3. The highest BCUT2D eigenvalue weighted by molar-refractivity contribution is 5.88. The summed E-state index contributed by atoms with van der Waals surface area (Å²) in [5.41, 5.74) is 1.39. The molecule has 0 aliphatic heterocycles. The van der Waals surface area contributed by atoms with E-state index >= 15 is 0 Å². The average Bonchev–Trinajstić information content (AvgIpc) is 3.16. The minimum Gasteiger partial charge on any atom is -0.465 e. The number of methoxy groups -OCH3 is 1. The van der Waals surface area contributed by atoms with Gasteiger partial charge in [0.05, 0.1) is 18.9 Å². The van der Waals surface area contributed by atoms with Crippen LogP contribution < -0.4 is 5.32 Å². The molecule has 27 heavy (non-hydrogen) atoms. The van der Waals surface area contributed by atoms with E-state index in [2.05, 4.69) is 15.2 Å². The molecule has 7 nitrogen and oxygen atoms in total. The van der Waals surface area contributed by atoms with Crippen LogP contribution in [0.15, 0.2) is 60.9 Å². The zero-order valence-electron chi connectivity index (χ0n) is 14.4. The smallest absolute Gasteiger partial charge is 0.411 e. The lowest BCUT2D eigenvalue weighted by Gasteiger charge is -2.09. The topological polar surface area (TPSA) is 82.5 Å². The van der Waals surface area contributed by atoms with Crippen LogP contribution in [0.4, 0.5) is 14.9 Å². The molecule has 0 saturated heterocycles. The van der Waals surface area contributed by atoms with E-state index in [4.69, 9.17) is 4.74 Å². The lowest BCUT2D eigenvalue weighted by Crippen LogP contribution is -2.14. The molecule has 1 N–H and O–H groups in total. The molecule has 0 bridgehead atoms. The second-order valence-electron chi connectivity index (χ2n) is 5.52. The standard InChI is InChI=1S/C19H16FN3O4/c1-26-18(24)14-10-21-23(11-14)17-8-7-15(9-16(17)20)22-19(25)27-12-13-5-3-2-4-6-13/h2-11H,12H2,1H3,(H,22,25). The number of halogens is 1. The van der Waals surface area contributed by atoms with Crippen molar-refractivity contribution in [2.75, 3.05) is 12.4 Å². The quantitative estimate of drug-likeness (QED) is 0.696. The Morgan fingerprint density at radius 3 is 2.67 bits per heavy atom. The van der Waals surface area contributed by atoms with Gasteiger partial charge >= 0.3 is 12.1 Å². The van der Waals surface area contributed by atoms with Crippen molar-refractivity contribution in [3.05, 3.63) is 77.9 Å². The van der Waals surface area contributed by atoms with E-state index in [1.807, 2.05) is 30.3 Å². The van der Waals surface area contributed by atoms with Gasteiger partial charge in [-0.2, -0.15) is 5.10 Å². The number of benzene rings is 2. The van der Waals surface area contributed by atoms with Crippen molar-refractivity contribution in [2.45, 2.75) is 6.61 Å². The third-order valence-electron chi connectivity index (χ3n) is 3.66. The molecule has 0 aliphatic carbocycles. The van der Waals surface area contributed by atoms with Gasteiger partial charge in [-0.1, -0.05) is 30.3 Å². The number of ether oxygens (including phenoxy) is 2. The van der Waals surface area contributed by atoms with E-state index in [-0.39, 0.29) is 23.5 Å². The third-order valence-corrected chi connectivity index (χ3v) is 3.66. The van der Waals surface area contributed by atoms with Crippen molar-refractivity contribution in [2.24, 2.45) is 0 Å². The van der Waals surface area contributed by atoms with E-state index in [9.17, 15) is 14.0 Å². The van der Waals surface area contributed by atoms with Crippen molar-refractivity contribution in [1.29, 1.82) is 0 Å². The molecule has 0 saturated carbocycles. The van der Waals surface area contributed by atoms with Crippen molar-refractivity contribution < 1.29 is 23.5 Å². The fourth-order valence-corrected chi connectivity index (χ4v) is 2.33. The van der Waals surface area contributed by atoms with Crippen LogP contribution >= 0.6 is 0 Å². The summed E-state index contributed by atoms with van der Waals surface area (Å²) in [5, 5.41) is 6.39. The average molecular weight is 369 g/mol. The van der Waals surface area contributed by atoms with Gasteiger partial charge in [-0.3, -0.25) is 5.32 Å². The first-order valence-electron chi connectivity index (χ1n) is 7.97. The van der Waals surface area contributed by atoms with Gasteiger partial charge in [0.25, 0.3) is 0 Å². The van der Waals surface area contributed by atoms with E-state index in [1.165, 1.54) is 36.3 Å². The van der Waals surface area contributed by atoms with Crippen LogP contribution in [0.5, 0.6) is 0 Å². The first-order valence-corrected chi connectivity index (χ1v) is 7.97. The van der Waals surface area contributed by atoms with Gasteiger partial charge in [0.1, 0.15) is 12.3 Å². The first kappa shape index (κ1) is 18.1. The maximum atomic E-state index is 14.4. The molecule has 0 unspecified atom stereocenters. The Morgan fingerprint density at radius 1 is 1.19 bits per heavy atom. The van der Waals surface area contributed by atoms with Crippen LogP contribution in [-0.4, -0.2) is 29.0 Å². The molecule has 8 heteroatoms. The minimum atomic E-state index is -0.696. The van der Waals surface area contributed by atoms with Crippen molar-refractivity contribution in [1.82, 2.24) is 9.78 Å². The molecule has 1 heterocycles. The van der Waals surface area contributed by atoms with Gasteiger partial charge in [-0.25, -0.2) is 18.7 Å². The van der Waals surface area contributed by atoms with Crippen LogP contribution in [0.3, 0.4) is 0 Å². The number of hydrogen-bond acceptors (Lipinski definition) is 5. The SMILES string of the molecule is COC(=O)c1cnn(-c2ccc(NC(=O)OCc3ccccc3)cc2F)c1. The number of rotatable bonds is 5. The molecular weight excluding hydrogens is 353 g/mol. The fraction of sp³-hybridized carbons (Fsp3) is 0.105. The lowest BCUT2D eigenvalue weighted by atomic mass is 10.2. The number of carbonyl (C=O) groups is 2. The summed E-state index contributed by atoms with van der Waals surface area (Å²) < 4.78 is 25.2. The summed E-state index contributed by atoms with van der Waals surface area (Å²) in [6.45, 7) is 0.108. The van der Waals surface area contributed by atoms with Crippen LogP contribution in [-0.2, 0) is 16.1 Å². The molecule has 1 amide bonds. The predicted molar refractivity (Wildman–Crippen MR) is 95.1 cm³/mol. The molecule has 0 atom stereocenters. The largest absolute Gasteiger partial charge is 0.465 e. The van der Waals surface area contributed by atoms with Crippen LogP contribution in [0.2, 0.25) is 0 Å². The Labute approximate surface area is 154 Å². The molecule has 0 aliphatic rings. The molecule has 138 valence electrons. The van der Waals surface area contributed by atoms with E-state index < -0.39 is 17.9 Å². The van der Waals surface area contributed by atoms with Gasteiger partial charge in [0, 0.05) is 11.9 Å². The van der Waals surface area contributed by atoms with E-state index in [1.54, 1.807) is 0 Å². The summed E-state index contributed by atoms with van der Waals surface area (Å²) in [4.78, 5) is 23.3. The van der Waals surface area contributed by atoms with Crippen LogP contribution in [0, 0.1) is 5.82 Å². The maximum Gasteiger partial charge on any atom is 0.411 e. The normalized spacial score (nSPS) is 10.3. The molecule has 1 aromatic heterocycles. The van der Waals surface area contributed by atoms with Crippen molar-refractivity contribution in [3.8, 4) is 5.69 Å². The summed E-state index contributed by atoms with van der Waals surface area (Å²) >= 11 is 0. The summed E-state index contributed by atoms with van der Waals surface area (Å²) in [6.07, 6.45) is 1.93. The number of aromatic nitrogens is 2. The Hall–Kier alpha value is -3.68. The predicted octanol–water partition coefficient (Wildman–Crippen LogP) is 3.55. The monoisotopic (exact) mass is 369 g/mol. The van der Waals surface area contributed by atoms with Crippen LogP contribution in [0.25, 0.3) is 5.69 Å². The molecule has 2 aromatic carbocycles. The second-order valence-corrected chi connectivity index (χ2v) is 5.52. The van der Waals surface area contributed by atoms with Gasteiger partial charge in [0.15, 0.2) is 5.82 Å². The van der Waals surface area contributed by atoms with Gasteiger partial charge in [-0.05, 0) is 23.8 Å². The molecule has 3 rings (SSSR count). The highest BCUT2D eigenvalue weighted by Crippen LogP contribution is 2.19. The van der Waals surface area contributed by atoms with Gasteiger partial charge < -0.3 is 9.47 Å². The van der Waals surface area contributed by atoms with Gasteiger partial charge in [0.2, 0.25) is 0 Å². The zero-order valence-corrected chi connectivity index (χ0v) is 14.4. The molecule has 0 radical (unpaired) electrons. The summed E-state index contributed by atoms with van der Waals surface area (Å²) in [7, 11) is 1.25. The number of carbonyl (C=O) groups excluding carboxylic acids is 2. The lowest BCUT2D eigenvalue weighted by molar-refractivity contribution is 0.0600. The number of nitrogens with zero attached hydrogens (tertiary/aromatic N) is 2. The van der Waals surface area contributed by atoms with E-state index in [0.29, 0.717) is 0 Å². The number of anilines is 1. The highest BCUT2D eigenvalue weighted by atomic mass is 19.1. The van der Waals surface area contributed by atoms with Crippen molar-refractivity contribution in [3.63, 3.8) is 0 Å². The zero-order chi connectivity index (χ0) is 19.2. The van der Waals surface area contributed by atoms with Crippen LogP contribution in [0.1, 0.15) is 15.9 Å². The highest BCUT2D eigenvalue weighted by Gasteiger charge is 2.13. The Kier molecular flexibility index (Phi) is 5.46. The number of esters is 1. The maximum absolute atomic E-state index is 14.4. The Bertz CT molecular complexity index is 957. The summed E-state index contributed by atoms with van der Waals surface area (Å²) in [5.74, 6) is -1.20. The molecular formula is C19H16FN3O4. The Balaban J connectivity index is 1.65. The second kappa shape index (κ2) is 8.13. The minimum absolute atomic E-state index is 0.108. The van der Waals surface area contributed by atoms with Gasteiger partial charge in [-0.15, -0.1) is 0 Å². The number of hydrogen-bond donors (Lipinski definition) is 1. The number of nitrogens with one attached hydrogen (secondary N) is 1. The van der Waals surface area contributed by atoms with Crippen molar-refractivity contribution >= 4 is 17.7 Å². The number of amides is 1. The van der Waals surface area contributed by atoms with E-state index in [0.717, 1.165) is 11.6 Å². The fourth-order valence-electron chi connectivity index (χ4n) is 2.33. The molecule has 0 fully saturated rings. The molecule has 3 aromatic rings. The Morgan fingerprint density at radius 2 is 1.96 bits per heavy atom.